The zero-order valence-corrected chi connectivity index (χ0v) is 15.6. The van der Waals surface area contributed by atoms with Gasteiger partial charge < -0.3 is 15.5 Å². The van der Waals surface area contributed by atoms with E-state index in [-0.39, 0.29) is 30.7 Å². The lowest BCUT2D eigenvalue weighted by molar-refractivity contribution is 0.0672. The van der Waals surface area contributed by atoms with E-state index in [1.54, 1.807) is 0 Å². The average Bonchev–Trinajstić information content (AvgIpc) is 2.87. The number of thiazole rings is 1. The van der Waals surface area contributed by atoms with Crippen LogP contribution in [0.4, 0.5) is 0 Å². The van der Waals surface area contributed by atoms with Crippen molar-refractivity contribution in [2.45, 2.75) is 19.3 Å². The van der Waals surface area contributed by atoms with Crippen LogP contribution in [0.25, 0.3) is 0 Å². The molecule has 8 heteroatoms. The zero-order valence-electron chi connectivity index (χ0n) is 13.2. The molecule has 0 spiro atoms. The fraction of sp³-hybridized carbons (Fsp3) is 0.714. The number of hydrogen-bond donors (Lipinski definition) is 1. The van der Waals surface area contributed by atoms with Gasteiger partial charge in [0, 0.05) is 31.4 Å². The van der Waals surface area contributed by atoms with Crippen LogP contribution in [0.2, 0.25) is 0 Å². The molecule has 0 atom stereocenters. The minimum absolute atomic E-state index is 0. The highest BCUT2D eigenvalue weighted by Gasteiger charge is 2.25. The van der Waals surface area contributed by atoms with Gasteiger partial charge in [-0.3, -0.25) is 4.79 Å². The molecule has 0 bridgehead atoms. The highest BCUT2D eigenvalue weighted by atomic mass is 35.5. The van der Waals surface area contributed by atoms with Crippen LogP contribution in [-0.2, 0) is 6.42 Å². The molecule has 1 aromatic heterocycles. The second kappa shape index (κ2) is 10.4. The Labute approximate surface area is 149 Å². The van der Waals surface area contributed by atoms with E-state index in [4.69, 9.17) is 5.73 Å². The molecular formula is C14H26Cl2N4OS. The van der Waals surface area contributed by atoms with Crippen molar-refractivity contribution >= 4 is 42.1 Å². The number of amides is 1. The van der Waals surface area contributed by atoms with E-state index in [0.29, 0.717) is 18.2 Å². The Morgan fingerprint density at radius 2 is 2.05 bits per heavy atom. The van der Waals surface area contributed by atoms with Crippen LogP contribution in [-0.4, -0.2) is 61.0 Å². The summed E-state index contributed by atoms with van der Waals surface area (Å²) in [6.45, 7) is 3.39. The summed E-state index contributed by atoms with van der Waals surface area (Å²) in [5.74, 6) is 0.783. The van der Waals surface area contributed by atoms with E-state index < -0.39 is 0 Å². The Kier molecular flexibility index (Phi) is 10.2. The molecule has 1 amide bonds. The van der Waals surface area contributed by atoms with Gasteiger partial charge in [0.2, 0.25) is 0 Å². The SMILES string of the molecule is CN(C)CC1CCN(C(=O)c2csc(CCN)n2)CC1.Cl.Cl. The first-order valence-corrected chi connectivity index (χ1v) is 8.06. The molecule has 1 saturated heterocycles. The number of rotatable bonds is 5. The monoisotopic (exact) mass is 368 g/mol. The van der Waals surface area contributed by atoms with E-state index in [2.05, 4.69) is 24.0 Å². The number of aromatic nitrogens is 1. The van der Waals surface area contributed by atoms with Crippen molar-refractivity contribution in [3.63, 3.8) is 0 Å². The van der Waals surface area contributed by atoms with Crippen molar-refractivity contribution in [3.05, 3.63) is 16.1 Å². The van der Waals surface area contributed by atoms with Gasteiger partial charge >= 0.3 is 0 Å². The molecule has 0 unspecified atom stereocenters. The summed E-state index contributed by atoms with van der Waals surface area (Å²) in [4.78, 5) is 20.9. The highest BCUT2D eigenvalue weighted by molar-refractivity contribution is 7.09. The molecule has 2 rings (SSSR count). The zero-order chi connectivity index (χ0) is 14.5. The highest BCUT2D eigenvalue weighted by Crippen LogP contribution is 2.20. The Morgan fingerprint density at radius 3 is 2.59 bits per heavy atom. The molecule has 22 heavy (non-hydrogen) atoms. The fourth-order valence-electron chi connectivity index (χ4n) is 2.64. The summed E-state index contributed by atoms with van der Waals surface area (Å²) in [7, 11) is 4.21. The Bertz CT molecular complexity index is 448. The van der Waals surface area contributed by atoms with Gasteiger partial charge in [-0.05, 0) is 39.4 Å². The molecule has 128 valence electrons. The van der Waals surface area contributed by atoms with Crippen LogP contribution in [0.3, 0.4) is 0 Å². The van der Waals surface area contributed by atoms with Gasteiger partial charge in [0.1, 0.15) is 5.69 Å². The van der Waals surface area contributed by atoms with E-state index in [1.807, 2.05) is 10.3 Å². The fourth-order valence-corrected chi connectivity index (χ4v) is 3.43. The summed E-state index contributed by atoms with van der Waals surface area (Å²) in [6, 6.07) is 0. The third kappa shape index (κ3) is 6.01. The molecule has 1 aromatic rings. The number of carbonyl (C=O) groups is 1. The second-order valence-corrected chi connectivity index (χ2v) is 6.61. The lowest BCUT2D eigenvalue weighted by Gasteiger charge is -2.32. The lowest BCUT2D eigenvalue weighted by Crippen LogP contribution is -2.40. The predicted octanol–water partition coefficient (Wildman–Crippen LogP) is 1.90. The number of likely N-dealkylation sites (tertiary alicyclic amines) is 1. The lowest BCUT2D eigenvalue weighted by atomic mass is 9.96. The minimum atomic E-state index is 0. The Balaban J connectivity index is 0.00000220. The molecule has 0 aliphatic carbocycles. The van der Waals surface area contributed by atoms with E-state index in [9.17, 15) is 4.79 Å². The third-order valence-corrected chi connectivity index (χ3v) is 4.56. The quantitative estimate of drug-likeness (QED) is 0.861. The standard InChI is InChI=1S/C14H24N4OS.2ClH/c1-17(2)9-11-4-7-18(8-5-11)14(19)12-10-20-13(16-12)3-6-15;;/h10-11H,3-9,15H2,1-2H3;2*1H. The number of nitrogens with two attached hydrogens (primary N) is 1. The molecule has 1 fully saturated rings. The number of halogens is 2. The number of hydrogen-bond acceptors (Lipinski definition) is 5. The normalized spacial score (nSPS) is 15.4. The number of nitrogens with zero attached hydrogens (tertiary/aromatic N) is 3. The smallest absolute Gasteiger partial charge is 0.273 e. The van der Waals surface area contributed by atoms with E-state index in [0.717, 1.165) is 43.9 Å². The topological polar surface area (TPSA) is 62.5 Å². The summed E-state index contributed by atoms with van der Waals surface area (Å²) in [6.07, 6.45) is 2.93. The Morgan fingerprint density at radius 1 is 1.41 bits per heavy atom. The van der Waals surface area contributed by atoms with Gasteiger partial charge in [-0.1, -0.05) is 0 Å². The largest absolute Gasteiger partial charge is 0.337 e. The first-order chi connectivity index (χ1) is 9.60. The van der Waals surface area contributed by atoms with Crippen molar-refractivity contribution in [3.8, 4) is 0 Å². The van der Waals surface area contributed by atoms with Crippen molar-refractivity contribution < 1.29 is 4.79 Å². The summed E-state index contributed by atoms with van der Waals surface area (Å²) >= 11 is 1.53. The maximum absolute atomic E-state index is 12.4. The van der Waals surface area contributed by atoms with Gasteiger partial charge in [-0.2, -0.15) is 0 Å². The molecule has 0 saturated carbocycles. The predicted molar refractivity (Wildman–Crippen MR) is 96.5 cm³/mol. The third-order valence-electron chi connectivity index (χ3n) is 3.65. The van der Waals surface area contributed by atoms with Crippen molar-refractivity contribution in [2.75, 3.05) is 40.3 Å². The number of carbonyl (C=O) groups excluding carboxylic acids is 1. The second-order valence-electron chi connectivity index (χ2n) is 5.66. The van der Waals surface area contributed by atoms with Gasteiger partial charge in [-0.15, -0.1) is 36.2 Å². The van der Waals surface area contributed by atoms with Gasteiger partial charge in [0.15, 0.2) is 0 Å². The van der Waals surface area contributed by atoms with Crippen LogP contribution in [0.1, 0.15) is 28.3 Å². The summed E-state index contributed by atoms with van der Waals surface area (Å²) in [5, 5.41) is 2.82. The number of piperidine rings is 1. The molecule has 5 nitrogen and oxygen atoms in total. The maximum Gasteiger partial charge on any atom is 0.273 e. The Hall–Kier alpha value is -0.400. The van der Waals surface area contributed by atoms with Gasteiger partial charge in [-0.25, -0.2) is 4.98 Å². The van der Waals surface area contributed by atoms with Crippen LogP contribution in [0.15, 0.2) is 5.38 Å². The molecule has 0 radical (unpaired) electrons. The minimum Gasteiger partial charge on any atom is -0.337 e. The first-order valence-electron chi connectivity index (χ1n) is 7.18. The summed E-state index contributed by atoms with van der Waals surface area (Å²) < 4.78 is 0. The van der Waals surface area contributed by atoms with Crippen molar-refractivity contribution in [1.82, 2.24) is 14.8 Å². The first kappa shape index (κ1) is 21.6. The molecular weight excluding hydrogens is 343 g/mol. The van der Waals surface area contributed by atoms with Crippen LogP contribution in [0, 0.1) is 5.92 Å². The van der Waals surface area contributed by atoms with Crippen LogP contribution in [0.5, 0.6) is 0 Å². The van der Waals surface area contributed by atoms with Gasteiger partial charge in [0.25, 0.3) is 5.91 Å². The molecule has 2 N–H and O–H groups in total. The van der Waals surface area contributed by atoms with Gasteiger partial charge in [0.05, 0.1) is 5.01 Å². The average molecular weight is 369 g/mol. The van der Waals surface area contributed by atoms with Crippen molar-refractivity contribution in [1.29, 1.82) is 0 Å². The molecule has 1 aliphatic rings. The van der Waals surface area contributed by atoms with Crippen molar-refractivity contribution in [2.24, 2.45) is 11.7 Å². The van der Waals surface area contributed by atoms with Crippen LogP contribution >= 0.6 is 36.2 Å². The summed E-state index contributed by atoms with van der Waals surface area (Å²) in [5.41, 5.74) is 6.10. The van der Waals surface area contributed by atoms with E-state index >= 15 is 0 Å². The van der Waals surface area contributed by atoms with E-state index in [1.165, 1.54) is 11.3 Å². The molecule has 0 aromatic carbocycles. The molecule has 1 aliphatic heterocycles. The molecule has 2 heterocycles. The maximum atomic E-state index is 12.4. The van der Waals surface area contributed by atoms with Crippen LogP contribution < -0.4 is 5.73 Å².